The Kier molecular flexibility index (Phi) is 4.64. The molecule has 0 saturated carbocycles. The van der Waals surface area contributed by atoms with Crippen LogP contribution in [0.5, 0.6) is 0 Å². The molecule has 0 aliphatic heterocycles. The van der Waals surface area contributed by atoms with E-state index in [0.717, 1.165) is 21.5 Å². The molecule has 3 aromatic rings. The number of hydrogen-bond donors (Lipinski definition) is 1. The molecule has 2 heterocycles. The normalized spacial score (nSPS) is 11.8. The predicted molar refractivity (Wildman–Crippen MR) is 98.2 cm³/mol. The summed E-state index contributed by atoms with van der Waals surface area (Å²) in [5.41, 5.74) is 3.17. The highest BCUT2D eigenvalue weighted by Gasteiger charge is 2.21. The van der Waals surface area contributed by atoms with Crippen molar-refractivity contribution in [1.29, 1.82) is 5.26 Å². The SMILES string of the molecule is Cc1ncn(CCNS(=O)(=O)c2sc3ccc(C#N)cc3c2C)c1C. The molecule has 3 rings (SSSR count). The molecule has 2 aromatic heterocycles. The van der Waals surface area contributed by atoms with E-state index in [1.807, 2.05) is 18.4 Å². The molecule has 1 N–H and O–H groups in total. The molecular weight excluding hydrogens is 356 g/mol. The van der Waals surface area contributed by atoms with E-state index in [4.69, 9.17) is 5.26 Å². The highest BCUT2D eigenvalue weighted by molar-refractivity contribution is 7.91. The number of aryl methyl sites for hydroxylation is 2. The minimum atomic E-state index is -3.60. The van der Waals surface area contributed by atoms with Gasteiger partial charge >= 0.3 is 0 Å². The Morgan fingerprint density at radius 1 is 1.32 bits per heavy atom. The van der Waals surface area contributed by atoms with Gasteiger partial charge in [-0.25, -0.2) is 18.1 Å². The zero-order valence-corrected chi connectivity index (χ0v) is 15.8. The van der Waals surface area contributed by atoms with Crippen LogP contribution in [0.3, 0.4) is 0 Å². The van der Waals surface area contributed by atoms with Crippen molar-refractivity contribution in [3.05, 3.63) is 47.0 Å². The summed E-state index contributed by atoms with van der Waals surface area (Å²) in [6, 6.07) is 7.31. The first-order chi connectivity index (χ1) is 11.8. The van der Waals surface area contributed by atoms with Gasteiger partial charge in [-0.3, -0.25) is 0 Å². The Morgan fingerprint density at radius 2 is 2.08 bits per heavy atom. The maximum Gasteiger partial charge on any atom is 0.250 e. The molecule has 0 unspecified atom stereocenters. The van der Waals surface area contributed by atoms with E-state index in [1.165, 1.54) is 11.3 Å². The van der Waals surface area contributed by atoms with Gasteiger partial charge in [0.1, 0.15) is 4.21 Å². The molecule has 0 amide bonds. The maximum atomic E-state index is 12.7. The van der Waals surface area contributed by atoms with Gasteiger partial charge in [0.25, 0.3) is 0 Å². The smallest absolute Gasteiger partial charge is 0.250 e. The predicted octanol–water partition coefficient (Wildman–Crippen LogP) is 2.87. The number of imidazole rings is 1. The van der Waals surface area contributed by atoms with Crippen molar-refractivity contribution in [3.8, 4) is 6.07 Å². The van der Waals surface area contributed by atoms with E-state index in [-0.39, 0.29) is 6.54 Å². The first-order valence-corrected chi connectivity index (χ1v) is 10.0. The summed E-state index contributed by atoms with van der Waals surface area (Å²) in [4.78, 5) is 4.21. The Bertz CT molecular complexity index is 1090. The van der Waals surface area contributed by atoms with Crippen LogP contribution < -0.4 is 4.72 Å². The highest BCUT2D eigenvalue weighted by Crippen LogP contribution is 2.34. The van der Waals surface area contributed by atoms with Gasteiger partial charge in [0.05, 0.1) is 23.7 Å². The number of benzene rings is 1. The van der Waals surface area contributed by atoms with E-state index in [2.05, 4.69) is 15.8 Å². The second-order valence-corrected chi connectivity index (χ2v) is 8.86. The van der Waals surface area contributed by atoms with Crippen molar-refractivity contribution >= 4 is 31.4 Å². The molecule has 0 fully saturated rings. The zero-order valence-electron chi connectivity index (χ0n) is 14.2. The third-order valence-electron chi connectivity index (χ3n) is 4.26. The van der Waals surface area contributed by atoms with Crippen molar-refractivity contribution in [2.24, 2.45) is 0 Å². The number of nitrogens with zero attached hydrogens (tertiary/aromatic N) is 3. The lowest BCUT2D eigenvalue weighted by Crippen LogP contribution is -2.27. The third-order valence-corrected chi connectivity index (χ3v) is 7.61. The largest absolute Gasteiger partial charge is 0.333 e. The Hall–Kier alpha value is -2.21. The molecule has 1 aromatic carbocycles. The van der Waals surface area contributed by atoms with Gasteiger partial charge in [-0.1, -0.05) is 0 Å². The van der Waals surface area contributed by atoms with Crippen molar-refractivity contribution in [1.82, 2.24) is 14.3 Å². The van der Waals surface area contributed by atoms with Crippen LogP contribution in [0, 0.1) is 32.1 Å². The number of nitriles is 1. The van der Waals surface area contributed by atoms with Crippen LogP contribution in [0.1, 0.15) is 22.5 Å². The lowest BCUT2D eigenvalue weighted by Gasteiger charge is -2.08. The molecule has 0 saturated heterocycles. The monoisotopic (exact) mass is 374 g/mol. The maximum absolute atomic E-state index is 12.7. The number of nitrogens with one attached hydrogen (secondary N) is 1. The van der Waals surface area contributed by atoms with E-state index in [9.17, 15) is 8.42 Å². The minimum absolute atomic E-state index is 0.288. The second kappa shape index (κ2) is 6.59. The lowest BCUT2D eigenvalue weighted by atomic mass is 10.1. The minimum Gasteiger partial charge on any atom is -0.333 e. The first-order valence-electron chi connectivity index (χ1n) is 7.74. The van der Waals surface area contributed by atoms with Gasteiger partial charge in [-0.05, 0) is 49.9 Å². The lowest BCUT2D eigenvalue weighted by molar-refractivity contribution is 0.573. The topological polar surface area (TPSA) is 87.8 Å². The van der Waals surface area contributed by atoms with Crippen molar-refractivity contribution in [2.75, 3.05) is 6.54 Å². The van der Waals surface area contributed by atoms with Crippen LogP contribution in [-0.4, -0.2) is 24.5 Å². The summed E-state index contributed by atoms with van der Waals surface area (Å²) in [7, 11) is -3.60. The Morgan fingerprint density at radius 3 is 2.72 bits per heavy atom. The second-order valence-electron chi connectivity index (χ2n) is 5.84. The van der Waals surface area contributed by atoms with Gasteiger partial charge in [0.15, 0.2) is 0 Å². The van der Waals surface area contributed by atoms with E-state index in [1.54, 1.807) is 31.5 Å². The van der Waals surface area contributed by atoms with Crippen molar-refractivity contribution < 1.29 is 8.42 Å². The number of aromatic nitrogens is 2. The number of fused-ring (bicyclic) bond motifs is 1. The summed E-state index contributed by atoms with van der Waals surface area (Å²) in [6.45, 7) is 6.47. The molecule has 8 heteroatoms. The van der Waals surface area contributed by atoms with Crippen molar-refractivity contribution in [2.45, 2.75) is 31.5 Å². The van der Waals surface area contributed by atoms with Gasteiger partial charge in [-0.15, -0.1) is 11.3 Å². The summed E-state index contributed by atoms with van der Waals surface area (Å²) >= 11 is 1.22. The summed E-state index contributed by atoms with van der Waals surface area (Å²) < 4.78 is 31.1. The molecule has 130 valence electrons. The summed E-state index contributed by atoms with van der Waals surface area (Å²) in [5.74, 6) is 0. The first kappa shape index (κ1) is 17.6. The van der Waals surface area contributed by atoms with E-state index < -0.39 is 10.0 Å². The number of thiophene rings is 1. The van der Waals surface area contributed by atoms with E-state index in [0.29, 0.717) is 21.9 Å². The summed E-state index contributed by atoms with van der Waals surface area (Å²) in [5, 5.41) is 9.83. The number of hydrogen-bond acceptors (Lipinski definition) is 5. The van der Waals surface area contributed by atoms with E-state index >= 15 is 0 Å². The quantitative estimate of drug-likeness (QED) is 0.744. The van der Waals surface area contributed by atoms with Gasteiger partial charge in [0.2, 0.25) is 10.0 Å². The average Bonchev–Trinajstić information content (AvgIpc) is 3.09. The van der Waals surface area contributed by atoms with Gasteiger partial charge < -0.3 is 4.57 Å². The Balaban J connectivity index is 1.82. The highest BCUT2D eigenvalue weighted by atomic mass is 32.2. The molecule has 0 radical (unpaired) electrons. The fraction of sp³-hybridized carbons (Fsp3) is 0.294. The number of sulfonamides is 1. The molecule has 6 nitrogen and oxygen atoms in total. The number of rotatable bonds is 5. The van der Waals surface area contributed by atoms with Crippen LogP contribution >= 0.6 is 11.3 Å². The molecule has 25 heavy (non-hydrogen) atoms. The van der Waals surface area contributed by atoms with Gasteiger partial charge in [0, 0.05) is 23.5 Å². The van der Waals surface area contributed by atoms with Crippen LogP contribution in [0.15, 0.2) is 28.7 Å². The van der Waals surface area contributed by atoms with Crippen molar-refractivity contribution in [3.63, 3.8) is 0 Å². The molecular formula is C17H18N4O2S2. The van der Waals surface area contributed by atoms with Crippen LogP contribution in [-0.2, 0) is 16.6 Å². The standard InChI is InChI=1S/C17H18N4O2S2/c1-11-15-8-14(9-18)4-5-16(15)24-17(11)25(22,23)20-6-7-21-10-19-12(2)13(21)3/h4-5,8,10,20H,6-7H2,1-3H3. The molecule has 0 aliphatic rings. The summed E-state index contributed by atoms with van der Waals surface area (Å²) in [6.07, 6.45) is 1.72. The zero-order chi connectivity index (χ0) is 18.2. The molecule has 0 spiro atoms. The van der Waals surface area contributed by atoms with Crippen LogP contribution in [0.4, 0.5) is 0 Å². The van der Waals surface area contributed by atoms with Crippen LogP contribution in [0.2, 0.25) is 0 Å². The Labute approximate surface area is 150 Å². The molecule has 0 atom stereocenters. The fourth-order valence-corrected chi connectivity index (χ4v) is 5.47. The molecule has 0 bridgehead atoms. The third kappa shape index (κ3) is 3.31. The fourth-order valence-electron chi connectivity index (χ4n) is 2.66. The molecule has 0 aliphatic carbocycles. The van der Waals surface area contributed by atoms with Gasteiger partial charge in [-0.2, -0.15) is 5.26 Å². The average molecular weight is 374 g/mol. The van der Waals surface area contributed by atoms with Crippen LogP contribution in [0.25, 0.3) is 10.1 Å².